The second-order valence-electron chi connectivity index (χ2n) is 8.92. The fraction of sp³-hybridized carbons (Fsp3) is 0.286. The summed E-state index contributed by atoms with van der Waals surface area (Å²) in [5.74, 6) is -1.30. The molecular formula is C28H28Cl2F3N3O4S. The van der Waals surface area contributed by atoms with E-state index in [1.807, 2.05) is 0 Å². The molecule has 3 aromatic rings. The molecule has 220 valence electrons. The number of likely N-dealkylation sites (N-methyl/N-ethyl adjacent to an activating group) is 1. The molecule has 13 heteroatoms. The zero-order valence-corrected chi connectivity index (χ0v) is 24.5. The highest BCUT2D eigenvalue weighted by Crippen LogP contribution is 2.38. The maximum absolute atomic E-state index is 13.9. The first kappa shape index (κ1) is 32.2. The Bertz CT molecular complexity index is 1490. The van der Waals surface area contributed by atoms with Crippen LogP contribution in [0.5, 0.6) is 0 Å². The normalized spacial score (nSPS) is 12.5. The van der Waals surface area contributed by atoms with E-state index in [-0.39, 0.29) is 24.4 Å². The Morgan fingerprint density at radius 2 is 1.56 bits per heavy atom. The molecule has 0 saturated heterocycles. The highest BCUT2D eigenvalue weighted by Gasteiger charge is 2.37. The van der Waals surface area contributed by atoms with Crippen LogP contribution in [0.4, 0.5) is 18.9 Å². The van der Waals surface area contributed by atoms with Crippen LogP contribution in [-0.4, -0.2) is 44.3 Å². The predicted octanol–water partition coefficient (Wildman–Crippen LogP) is 6.15. The summed E-state index contributed by atoms with van der Waals surface area (Å²) in [6.07, 6.45) is -4.71. The van der Waals surface area contributed by atoms with Crippen molar-refractivity contribution in [3.05, 3.63) is 94.0 Å². The van der Waals surface area contributed by atoms with E-state index in [0.29, 0.717) is 21.0 Å². The van der Waals surface area contributed by atoms with Crippen molar-refractivity contribution in [3.8, 4) is 0 Å². The second-order valence-corrected chi connectivity index (χ2v) is 11.6. The van der Waals surface area contributed by atoms with Crippen LogP contribution >= 0.6 is 23.2 Å². The molecule has 41 heavy (non-hydrogen) atoms. The topological polar surface area (TPSA) is 86.8 Å². The fourth-order valence-electron chi connectivity index (χ4n) is 4.16. The second kappa shape index (κ2) is 13.6. The number of nitrogens with one attached hydrogen (secondary N) is 1. The number of halogens is 5. The van der Waals surface area contributed by atoms with Gasteiger partial charge < -0.3 is 10.2 Å². The van der Waals surface area contributed by atoms with Gasteiger partial charge in [-0.15, -0.1) is 0 Å². The van der Waals surface area contributed by atoms with E-state index in [2.05, 4.69) is 5.32 Å². The average Bonchev–Trinajstić information content (AvgIpc) is 2.93. The van der Waals surface area contributed by atoms with Crippen LogP contribution < -0.4 is 9.62 Å². The van der Waals surface area contributed by atoms with Crippen LogP contribution in [-0.2, 0) is 32.3 Å². The number of benzene rings is 3. The molecular weight excluding hydrogens is 602 g/mol. The molecule has 0 aliphatic heterocycles. The van der Waals surface area contributed by atoms with Crippen LogP contribution in [0.3, 0.4) is 0 Å². The lowest BCUT2D eigenvalue weighted by Gasteiger charge is -2.33. The van der Waals surface area contributed by atoms with Crippen molar-refractivity contribution in [1.82, 2.24) is 10.2 Å². The summed E-state index contributed by atoms with van der Waals surface area (Å²) in [6.45, 7) is 2.61. The van der Waals surface area contributed by atoms with E-state index in [1.54, 1.807) is 44.2 Å². The number of alkyl halides is 3. The smallest absolute Gasteiger partial charge is 0.355 e. The molecule has 1 atom stereocenters. The van der Waals surface area contributed by atoms with Gasteiger partial charge in [0.25, 0.3) is 10.0 Å². The molecule has 2 amide bonds. The van der Waals surface area contributed by atoms with E-state index >= 15 is 0 Å². The van der Waals surface area contributed by atoms with Gasteiger partial charge in [-0.3, -0.25) is 13.9 Å². The minimum atomic E-state index is -4.89. The lowest BCUT2D eigenvalue weighted by atomic mass is 10.1. The third-order valence-corrected chi connectivity index (χ3v) is 8.68. The molecule has 0 unspecified atom stereocenters. The van der Waals surface area contributed by atoms with Crippen molar-refractivity contribution >= 4 is 50.7 Å². The van der Waals surface area contributed by atoms with Gasteiger partial charge in [-0.1, -0.05) is 66.5 Å². The maximum Gasteiger partial charge on any atom is 0.417 e. The van der Waals surface area contributed by atoms with E-state index in [9.17, 15) is 31.2 Å². The van der Waals surface area contributed by atoms with Crippen LogP contribution in [0.25, 0.3) is 0 Å². The van der Waals surface area contributed by atoms with E-state index in [1.165, 1.54) is 29.2 Å². The van der Waals surface area contributed by atoms with Gasteiger partial charge in [0.2, 0.25) is 11.8 Å². The minimum absolute atomic E-state index is 0.151. The molecule has 0 aliphatic rings. The Hall–Kier alpha value is -3.28. The third kappa shape index (κ3) is 7.72. The molecule has 7 nitrogen and oxygen atoms in total. The number of nitrogens with zero attached hydrogens (tertiary/aromatic N) is 2. The lowest BCUT2D eigenvalue weighted by molar-refractivity contribution is -0.140. The predicted molar refractivity (Wildman–Crippen MR) is 152 cm³/mol. The molecule has 3 aromatic carbocycles. The zero-order valence-electron chi connectivity index (χ0n) is 22.2. The highest BCUT2D eigenvalue weighted by molar-refractivity contribution is 7.92. The SMILES string of the molecule is CCNC(=O)[C@H](CC)N(Cc1ccccc1Cl)C(=O)CN(c1ccc(Cl)c(C(F)(F)F)c1)S(=O)(=O)c1ccccc1. The zero-order chi connectivity index (χ0) is 30.4. The van der Waals surface area contributed by atoms with Gasteiger partial charge in [0, 0.05) is 18.1 Å². The number of carbonyl (C=O) groups excluding carboxylic acids is 2. The van der Waals surface area contributed by atoms with Crippen molar-refractivity contribution < 1.29 is 31.2 Å². The van der Waals surface area contributed by atoms with Gasteiger partial charge in [0.15, 0.2) is 0 Å². The number of rotatable bonds is 11. The average molecular weight is 631 g/mol. The Labute approximate surface area is 246 Å². The van der Waals surface area contributed by atoms with Gasteiger partial charge in [-0.25, -0.2) is 8.42 Å². The van der Waals surface area contributed by atoms with Gasteiger partial charge >= 0.3 is 6.18 Å². The van der Waals surface area contributed by atoms with Gasteiger partial charge in [0.1, 0.15) is 12.6 Å². The number of amides is 2. The molecule has 0 fully saturated rings. The molecule has 1 N–H and O–H groups in total. The summed E-state index contributed by atoms with van der Waals surface area (Å²) in [5.41, 5.74) is -1.20. The monoisotopic (exact) mass is 629 g/mol. The first-order chi connectivity index (χ1) is 19.3. The molecule has 0 aromatic heterocycles. The van der Waals surface area contributed by atoms with Crippen LogP contribution in [0.15, 0.2) is 77.7 Å². The van der Waals surface area contributed by atoms with Crippen LogP contribution in [0, 0.1) is 0 Å². The fourth-order valence-corrected chi connectivity index (χ4v) is 6.00. The molecule has 0 aliphatic carbocycles. The highest BCUT2D eigenvalue weighted by atomic mass is 35.5. The van der Waals surface area contributed by atoms with Crippen LogP contribution in [0.2, 0.25) is 10.0 Å². The van der Waals surface area contributed by atoms with Crippen molar-refractivity contribution in [2.75, 3.05) is 17.4 Å². The Morgan fingerprint density at radius 1 is 0.927 bits per heavy atom. The summed E-state index contributed by atoms with van der Waals surface area (Å²) in [6, 6.07) is 15.2. The first-order valence-corrected chi connectivity index (χ1v) is 14.8. The summed E-state index contributed by atoms with van der Waals surface area (Å²) in [7, 11) is -4.55. The van der Waals surface area contributed by atoms with Crippen molar-refractivity contribution in [1.29, 1.82) is 0 Å². The molecule has 0 radical (unpaired) electrons. The summed E-state index contributed by atoms with van der Waals surface area (Å²) in [5, 5.41) is 2.35. The van der Waals surface area contributed by atoms with E-state index in [0.717, 1.165) is 12.1 Å². The molecule has 3 rings (SSSR count). The van der Waals surface area contributed by atoms with Crippen molar-refractivity contribution in [2.45, 2.75) is 43.9 Å². The summed E-state index contributed by atoms with van der Waals surface area (Å²) < 4.78 is 69.2. The number of sulfonamides is 1. The third-order valence-electron chi connectivity index (χ3n) is 6.19. The van der Waals surface area contributed by atoms with Gasteiger partial charge in [-0.2, -0.15) is 13.2 Å². The summed E-state index contributed by atoms with van der Waals surface area (Å²) >= 11 is 12.1. The standard InChI is InChI=1S/C28H28Cl2F3N3O4S/c1-3-25(27(38)34-4-2)35(17-19-10-8-9-13-23(19)29)26(37)18-36(41(39,40)21-11-6-5-7-12-21)20-14-15-24(30)22(16-20)28(31,32)33/h5-16,25H,3-4,17-18H2,1-2H3,(H,34,38)/t25-/m0/s1. The van der Waals surface area contributed by atoms with Crippen molar-refractivity contribution in [2.24, 2.45) is 0 Å². The number of hydrogen-bond donors (Lipinski definition) is 1. The molecule has 0 heterocycles. The van der Waals surface area contributed by atoms with Gasteiger partial charge in [-0.05, 0) is 55.3 Å². The largest absolute Gasteiger partial charge is 0.417 e. The van der Waals surface area contributed by atoms with Crippen LogP contribution in [0.1, 0.15) is 31.4 Å². The van der Waals surface area contributed by atoms with E-state index < -0.39 is 56.9 Å². The minimum Gasteiger partial charge on any atom is -0.355 e. The lowest BCUT2D eigenvalue weighted by Crippen LogP contribution is -2.52. The first-order valence-electron chi connectivity index (χ1n) is 12.6. The number of carbonyl (C=O) groups is 2. The van der Waals surface area contributed by atoms with Gasteiger partial charge in [0.05, 0.1) is 21.2 Å². The summed E-state index contributed by atoms with van der Waals surface area (Å²) in [4.78, 5) is 27.8. The van der Waals surface area contributed by atoms with E-state index in [4.69, 9.17) is 23.2 Å². The number of hydrogen-bond acceptors (Lipinski definition) is 4. The maximum atomic E-state index is 13.9. The Morgan fingerprint density at radius 3 is 2.15 bits per heavy atom. The number of anilines is 1. The molecule has 0 saturated carbocycles. The van der Waals surface area contributed by atoms with Crippen molar-refractivity contribution in [3.63, 3.8) is 0 Å². The molecule has 0 bridgehead atoms. The quantitative estimate of drug-likeness (QED) is 0.276. The molecule has 0 spiro atoms. The Kier molecular flexibility index (Phi) is 10.7. The Balaban J connectivity index is 2.15.